The van der Waals surface area contributed by atoms with Gasteiger partial charge in [-0.15, -0.1) is 11.8 Å². The van der Waals surface area contributed by atoms with Gasteiger partial charge in [-0.3, -0.25) is 14.9 Å². The van der Waals surface area contributed by atoms with E-state index in [4.69, 9.17) is 0 Å². The van der Waals surface area contributed by atoms with Crippen molar-refractivity contribution in [1.82, 2.24) is 5.32 Å². The molecule has 0 aliphatic heterocycles. The third-order valence-corrected chi connectivity index (χ3v) is 5.30. The predicted molar refractivity (Wildman–Crippen MR) is 110 cm³/mol. The van der Waals surface area contributed by atoms with Gasteiger partial charge in [-0.2, -0.15) is 0 Å². The lowest BCUT2D eigenvalue weighted by Gasteiger charge is -2.15. The van der Waals surface area contributed by atoms with Crippen molar-refractivity contribution in [2.75, 3.05) is 5.75 Å². The summed E-state index contributed by atoms with van der Waals surface area (Å²) in [5.74, 6) is 0.951. The molecule has 138 valence electrons. The number of hydrogen-bond donors (Lipinski definition) is 1. The maximum atomic E-state index is 12.2. The first-order valence-electron chi connectivity index (χ1n) is 8.62. The molecule has 6 heteroatoms. The van der Waals surface area contributed by atoms with Crippen LogP contribution >= 0.6 is 11.8 Å². The van der Waals surface area contributed by atoms with E-state index in [-0.39, 0.29) is 17.6 Å². The Balaban J connectivity index is 1.50. The van der Waals surface area contributed by atoms with Gasteiger partial charge < -0.3 is 5.32 Å². The molecule has 3 aromatic carbocycles. The molecule has 0 bridgehead atoms. The highest BCUT2D eigenvalue weighted by Crippen LogP contribution is 2.21. The van der Waals surface area contributed by atoms with Gasteiger partial charge in [-0.05, 0) is 34.9 Å². The van der Waals surface area contributed by atoms with Crippen LogP contribution in [0, 0.1) is 10.1 Å². The Hall–Kier alpha value is -2.86. The molecule has 1 atom stereocenters. The van der Waals surface area contributed by atoms with Crippen molar-refractivity contribution in [3.63, 3.8) is 0 Å². The first kappa shape index (κ1) is 18.9. The van der Waals surface area contributed by atoms with Crippen molar-refractivity contribution in [2.45, 2.75) is 18.7 Å². The van der Waals surface area contributed by atoms with Gasteiger partial charge in [-0.1, -0.05) is 48.5 Å². The number of carbonyl (C=O) groups excluding carboxylic acids is 1. The molecule has 27 heavy (non-hydrogen) atoms. The molecule has 0 unspecified atom stereocenters. The summed E-state index contributed by atoms with van der Waals surface area (Å²) in [5.41, 5.74) is 2.11. The van der Waals surface area contributed by atoms with Crippen LogP contribution in [0.3, 0.4) is 0 Å². The Morgan fingerprint density at radius 1 is 1.07 bits per heavy atom. The number of nitro groups is 1. The summed E-state index contributed by atoms with van der Waals surface area (Å²) < 4.78 is 0. The average molecular weight is 380 g/mol. The van der Waals surface area contributed by atoms with E-state index in [1.807, 2.05) is 25.1 Å². The smallest absolute Gasteiger partial charge is 0.269 e. The molecule has 1 amide bonds. The number of carbonyl (C=O) groups is 1. The van der Waals surface area contributed by atoms with Crippen LogP contribution in [0.15, 0.2) is 66.7 Å². The Morgan fingerprint density at radius 2 is 1.78 bits per heavy atom. The van der Waals surface area contributed by atoms with Crippen molar-refractivity contribution >= 4 is 34.1 Å². The number of fused-ring (bicyclic) bond motifs is 1. The van der Waals surface area contributed by atoms with Crippen LogP contribution in [-0.4, -0.2) is 16.6 Å². The second-order valence-corrected chi connectivity index (χ2v) is 7.30. The molecule has 0 saturated carbocycles. The average Bonchev–Trinajstić information content (AvgIpc) is 2.68. The molecule has 0 fully saturated rings. The van der Waals surface area contributed by atoms with Gasteiger partial charge in [-0.25, -0.2) is 0 Å². The molecule has 3 aromatic rings. The molecule has 5 nitrogen and oxygen atoms in total. The minimum absolute atomic E-state index is 0.0254. The van der Waals surface area contributed by atoms with Crippen molar-refractivity contribution < 1.29 is 9.72 Å². The number of nitrogens with zero attached hydrogens (tertiary/aromatic N) is 1. The highest BCUT2D eigenvalue weighted by atomic mass is 32.2. The monoisotopic (exact) mass is 380 g/mol. The standard InChI is InChI=1S/C21H20N2O3S/c1-15(18-9-8-17-4-2-3-5-19(17)12-18)22-21(24)14-27-13-16-6-10-20(11-7-16)23(25)26/h2-12,15H,13-14H2,1H3,(H,22,24)/t15-/m0/s1. The highest BCUT2D eigenvalue weighted by Gasteiger charge is 2.10. The Bertz CT molecular complexity index is 957. The molecule has 0 aromatic heterocycles. The van der Waals surface area contributed by atoms with Crippen LogP contribution in [0.4, 0.5) is 5.69 Å². The number of benzene rings is 3. The number of rotatable bonds is 7. The maximum Gasteiger partial charge on any atom is 0.269 e. The number of amides is 1. The van der Waals surface area contributed by atoms with E-state index in [0.717, 1.165) is 16.5 Å². The summed E-state index contributed by atoms with van der Waals surface area (Å²) in [6.07, 6.45) is 0. The summed E-state index contributed by atoms with van der Waals surface area (Å²) >= 11 is 1.49. The lowest BCUT2D eigenvalue weighted by atomic mass is 10.0. The lowest BCUT2D eigenvalue weighted by molar-refractivity contribution is -0.384. The number of nitro benzene ring substituents is 1. The fourth-order valence-corrected chi connectivity index (χ4v) is 3.62. The number of hydrogen-bond acceptors (Lipinski definition) is 4. The van der Waals surface area contributed by atoms with Gasteiger partial charge in [0, 0.05) is 17.9 Å². The number of nitrogens with one attached hydrogen (secondary N) is 1. The second-order valence-electron chi connectivity index (χ2n) is 6.31. The topological polar surface area (TPSA) is 72.2 Å². The van der Waals surface area contributed by atoms with E-state index in [1.54, 1.807) is 12.1 Å². The summed E-state index contributed by atoms with van der Waals surface area (Å²) in [6, 6.07) is 20.7. The zero-order chi connectivity index (χ0) is 19.2. The van der Waals surface area contributed by atoms with E-state index in [2.05, 4.69) is 29.6 Å². The van der Waals surface area contributed by atoms with Crippen LogP contribution in [0.5, 0.6) is 0 Å². The lowest BCUT2D eigenvalue weighted by Crippen LogP contribution is -2.28. The van der Waals surface area contributed by atoms with E-state index in [0.29, 0.717) is 11.5 Å². The number of non-ortho nitro benzene ring substituents is 1. The molecule has 1 N–H and O–H groups in total. The molecule has 0 radical (unpaired) electrons. The quantitative estimate of drug-likeness (QED) is 0.469. The van der Waals surface area contributed by atoms with E-state index >= 15 is 0 Å². The maximum absolute atomic E-state index is 12.2. The van der Waals surface area contributed by atoms with Crippen LogP contribution in [0.25, 0.3) is 10.8 Å². The van der Waals surface area contributed by atoms with Crippen molar-refractivity contribution in [3.05, 3.63) is 88.0 Å². The highest BCUT2D eigenvalue weighted by molar-refractivity contribution is 7.99. The van der Waals surface area contributed by atoms with Crippen molar-refractivity contribution in [1.29, 1.82) is 0 Å². The van der Waals surface area contributed by atoms with Crippen molar-refractivity contribution in [3.8, 4) is 0 Å². The van der Waals surface area contributed by atoms with Gasteiger partial charge in [0.1, 0.15) is 0 Å². The largest absolute Gasteiger partial charge is 0.349 e. The Morgan fingerprint density at radius 3 is 2.48 bits per heavy atom. The van der Waals surface area contributed by atoms with E-state index < -0.39 is 4.92 Å². The molecular formula is C21H20N2O3S. The number of thioether (sulfide) groups is 1. The van der Waals surface area contributed by atoms with Crippen LogP contribution in [-0.2, 0) is 10.5 Å². The molecule has 0 spiro atoms. The molecule has 0 saturated heterocycles. The van der Waals surface area contributed by atoms with E-state index in [9.17, 15) is 14.9 Å². The normalized spacial score (nSPS) is 11.9. The second kappa shape index (κ2) is 8.68. The minimum Gasteiger partial charge on any atom is -0.349 e. The molecule has 0 aliphatic carbocycles. The molecule has 3 rings (SSSR count). The van der Waals surface area contributed by atoms with Gasteiger partial charge >= 0.3 is 0 Å². The summed E-state index contributed by atoms with van der Waals surface area (Å²) in [7, 11) is 0. The van der Waals surface area contributed by atoms with E-state index in [1.165, 1.54) is 29.3 Å². The summed E-state index contributed by atoms with van der Waals surface area (Å²) in [4.78, 5) is 22.4. The van der Waals surface area contributed by atoms with Crippen molar-refractivity contribution in [2.24, 2.45) is 0 Å². The third-order valence-electron chi connectivity index (χ3n) is 4.30. The molecular weight excluding hydrogens is 360 g/mol. The molecule has 0 heterocycles. The van der Waals surface area contributed by atoms with Gasteiger partial charge in [0.15, 0.2) is 0 Å². The van der Waals surface area contributed by atoms with Gasteiger partial charge in [0.25, 0.3) is 5.69 Å². The SMILES string of the molecule is C[C@H](NC(=O)CSCc1ccc([N+](=O)[O-])cc1)c1ccc2ccccc2c1. The summed E-state index contributed by atoms with van der Waals surface area (Å²) in [6.45, 7) is 1.98. The Labute approximate surface area is 161 Å². The first-order chi connectivity index (χ1) is 13.0. The van der Waals surface area contributed by atoms with Crippen LogP contribution in [0.2, 0.25) is 0 Å². The van der Waals surface area contributed by atoms with Crippen LogP contribution in [0.1, 0.15) is 24.1 Å². The fourth-order valence-electron chi connectivity index (χ4n) is 2.82. The van der Waals surface area contributed by atoms with Gasteiger partial charge in [0.05, 0.1) is 16.7 Å². The third kappa shape index (κ3) is 5.08. The Kier molecular flexibility index (Phi) is 6.08. The zero-order valence-corrected chi connectivity index (χ0v) is 15.7. The fraction of sp³-hybridized carbons (Fsp3) is 0.190. The van der Waals surface area contributed by atoms with Crippen LogP contribution < -0.4 is 5.32 Å². The first-order valence-corrected chi connectivity index (χ1v) is 9.77. The predicted octanol–water partition coefficient (Wildman–Crippen LogP) is 4.86. The molecule has 0 aliphatic rings. The minimum atomic E-state index is -0.418. The van der Waals surface area contributed by atoms with Gasteiger partial charge in [0.2, 0.25) is 5.91 Å². The zero-order valence-electron chi connectivity index (χ0n) is 14.9. The summed E-state index contributed by atoms with van der Waals surface area (Å²) in [5, 5.41) is 16.0.